The topological polar surface area (TPSA) is 75.4 Å². The number of likely N-dealkylation sites (tertiary alicyclic amines) is 1. The Bertz CT molecular complexity index is 307. The van der Waals surface area contributed by atoms with Crippen molar-refractivity contribution in [3.05, 3.63) is 0 Å². The number of rotatable bonds is 6. The van der Waals surface area contributed by atoms with Crippen LogP contribution in [0.25, 0.3) is 0 Å². The predicted molar refractivity (Wildman–Crippen MR) is 75.5 cm³/mol. The molecule has 5 nitrogen and oxygen atoms in total. The van der Waals surface area contributed by atoms with Crippen molar-refractivity contribution in [2.75, 3.05) is 19.6 Å². The molecule has 0 aliphatic carbocycles. The number of hydrogen-bond donors (Lipinski definition) is 2. The number of nitrogens with one attached hydrogen (secondary N) is 1. The Kier molecular flexibility index (Phi) is 6.84. The summed E-state index contributed by atoms with van der Waals surface area (Å²) in [6.45, 7) is 6.17. The molecule has 2 atom stereocenters. The zero-order chi connectivity index (χ0) is 14.3. The van der Waals surface area contributed by atoms with Gasteiger partial charge in [0.05, 0.1) is 0 Å². The van der Waals surface area contributed by atoms with Crippen molar-refractivity contribution in [1.29, 1.82) is 0 Å². The Morgan fingerprint density at radius 3 is 2.74 bits per heavy atom. The minimum Gasteiger partial charge on any atom is -0.356 e. The number of hydrogen-bond acceptors (Lipinski definition) is 3. The van der Waals surface area contributed by atoms with Crippen molar-refractivity contribution < 1.29 is 9.59 Å². The van der Waals surface area contributed by atoms with E-state index in [1.807, 2.05) is 11.8 Å². The third-order valence-corrected chi connectivity index (χ3v) is 3.71. The highest BCUT2D eigenvalue weighted by Crippen LogP contribution is 2.22. The third-order valence-electron chi connectivity index (χ3n) is 3.71. The Hall–Kier alpha value is -1.10. The van der Waals surface area contributed by atoms with Crippen LogP contribution in [-0.4, -0.2) is 42.4 Å². The van der Waals surface area contributed by atoms with Gasteiger partial charge in [0.15, 0.2) is 0 Å². The minimum atomic E-state index is -0.0372. The van der Waals surface area contributed by atoms with Crippen molar-refractivity contribution >= 4 is 11.8 Å². The van der Waals surface area contributed by atoms with Gasteiger partial charge in [-0.25, -0.2) is 0 Å². The molecule has 2 unspecified atom stereocenters. The minimum absolute atomic E-state index is 0.0372. The number of nitrogens with zero attached hydrogens (tertiary/aromatic N) is 1. The van der Waals surface area contributed by atoms with Crippen molar-refractivity contribution in [3.8, 4) is 0 Å². The van der Waals surface area contributed by atoms with Crippen molar-refractivity contribution in [2.24, 2.45) is 11.7 Å². The van der Waals surface area contributed by atoms with Crippen LogP contribution in [-0.2, 0) is 9.59 Å². The number of piperidine rings is 1. The van der Waals surface area contributed by atoms with Crippen LogP contribution in [0.3, 0.4) is 0 Å². The monoisotopic (exact) mass is 269 g/mol. The number of carbonyl (C=O) groups is 2. The summed E-state index contributed by atoms with van der Waals surface area (Å²) in [4.78, 5) is 25.5. The quantitative estimate of drug-likeness (QED) is 0.751. The summed E-state index contributed by atoms with van der Waals surface area (Å²) < 4.78 is 0. The molecular formula is C14H27N3O2. The lowest BCUT2D eigenvalue weighted by Gasteiger charge is -2.38. The van der Waals surface area contributed by atoms with Gasteiger partial charge in [-0.1, -0.05) is 13.8 Å². The molecule has 0 radical (unpaired) electrons. The van der Waals surface area contributed by atoms with Crippen LogP contribution in [0.5, 0.6) is 0 Å². The summed E-state index contributed by atoms with van der Waals surface area (Å²) in [6.07, 6.45) is 3.50. The first-order valence-corrected chi connectivity index (χ1v) is 7.34. The molecule has 110 valence electrons. The van der Waals surface area contributed by atoms with Crippen molar-refractivity contribution in [2.45, 2.75) is 52.0 Å². The van der Waals surface area contributed by atoms with Gasteiger partial charge in [0, 0.05) is 38.5 Å². The van der Waals surface area contributed by atoms with E-state index in [1.165, 1.54) is 0 Å². The van der Waals surface area contributed by atoms with Gasteiger partial charge in [-0.2, -0.15) is 0 Å². The molecule has 0 aromatic rings. The van der Waals surface area contributed by atoms with Crippen LogP contribution in [0.15, 0.2) is 0 Å². The molecule has 5 heteroatoms. The molecule has 0 bridgehead atoms. The SMILES string of the molecule is CCCNC(=O)CCC(=O)N1CCC(C)CC1CN. The standard InChI is InChI=1S/C14H27N3O2/c1-3-7-16-13(18)4-5-14(19)17-8-6-11(2)9-12(17)10-15/h11-12H,3-10,15H2,1-2H3,(H,16,18). The van der Waals surface area contributed by atoms with Gasteiger partial charge >= 0.3 is 0 Å². The molecule has 1 heterocycles. The van der Waals surface area contributed by atoms with E-state index in [-0.39, 0.29) is 24.3 Å². The largest absolute Gasteiger partial charge is 0.356 e. The van der Waals surface area contributed by atoms with Crippen LogP contribution in [0.4, 0.5) is 0 Å². The van der Waals surface area contributed by atoms with Gasteiger partial charge in [0.2, 0.25) is 11.8 Å². The second-order valence-electron chi connectivity index (χ2n) is 5.46. The third kappa shape index (κ3) is 5.19. The fourth-order valence-electron chi connectivity index (χ4n) is 2.52. The lowest BCUT2D eigenvalue weighted by Crippen LogP contribution is -2.49. The fourth-order valence-corrected chi connectivity index (χ4v) is 2.52. The molecule has 0 aromatic heterocycles. The molecule has 2 amide bonds. The Balaban J connectivity index is 2.37. The first-order chi connectivity index (χ1) is 9.08. The Morgan fingerprint density at radius 2 is 2.11 bits per heavy atom. The average molecular weight is 269 g/mol. The molecule has 1 rings (SSSR count). The first kappa shape index (κ1) is 16.0. The molecule has 1 aliphatic heterocycles. The summed E-state index contributed by atoms with van der Waals surface area (Å²) in [5.41, 5.74) is 5.74. The van der Waals surface area contributed by atoms with E-state index in [2.05, 4.69) is 12.2 Å². The highest BCUT2D eigenvalue weighted by molar-refractivity contribution is 5.84. The lowest BCUT2D eigenvalue weighted by molar-refractivity contribution is -0.137. The maximum atomic E-state index is 12.1. The van der Waals surface area contributed by atoms with Crippen molar-refractivity contribution in [1.82, 2.24) is 10.2 Å². The predicted octanol–water partition coefficient (Wildman–Crippen LogP) is 0.879. The maximum Gasteiger partial charge on any atom is 0.223 e. The lowest BCUT2D eigenvalue weighted by atomic mass is 9.92. The van der Waals surface area contributed by atoms with E-state index in [0.29, 0.717) is 25.4 Å². The van der Waals surface area contributed by atoms with E-state index >= 15 is 0 Å². The summed E-state index contributed by atoms with van der Waals surface area (Å²) in [5.74, 6) is 0.657. The molecular weight excluding hydrogens is 242 g/mol. The molecule has 1 aliphatic rings. The normalized spacial score (nSPS) is 23.2. The van der Waals surface area contributed by atoms with E-state index in [9.17, 15) is 9.59 Å². The highest BCUT2D eigenvalue weighted by atomic mass is 16.2. The number of carbonyl (C=O) groups excluding carboxylic acids is 2. The van der Waals surface area contributed by atoms with Crippen LogP contribution < -0.4 is 11.1 Å². The molecule has 0 saturated carbocycles. The van der Waals surface area contributed by atoms with Crippen LogP contribution in [0.1, 0.15) is 46.0 Å². The summed E-state index contributed by atoms with van der Waals surface area (Å²) in [5, 5.41) is 2.79. The first-order valence-electron chi connectivity index (χ1n) is 7.34. The van der Waals surface area contributed by atoms with E-state index in [1.54, 1.807) is 0 Å². The Morgan fingerprint density at radius 1 is 1.37 bits per heavy atom. The average Bonchev–Trinajstić information content (AvgIpc) is 2.42. The van der Waals surface area contributed by atoms with Gasteiger partial charge in [0.25, 0.3) is 0 Å². The zero-order valence-corrected chi connectivity index (χ0v) is 12.2. The molecule has 1 saturated heterocycles. The van der Waals surface area contributed by atoms with Crippen LogP contribution in [0.2, 0.25) is 0 Å². The second-order valence-corrected chi connectivity index (χ2v) is 5.46. The van der Waals surface area contributed by atoms with Crippen molar-refractivity contribution in [3.63, 3.8) is 0 Å². The van der Waals surface area contributed by atoms with E-state index in [4.69, 9.17) is 5.73 Å². The number of amides is 2. The number of nitrogens with two attached hydrogens (primary N) is 1. The summed E-state index contributed by atoms with van der Waals surface area (Å²) in [7, 11) is 0. The van der Waals surface area contributed by atoms with Gasteiger partial charge in [0.1, 0.15) is 0 Å². The Labute approximate surface area is 115 Å². The van der Waals surface area contributed by atoms with Crippen LogP contribution in [0, 0.1) is 5.92 Å². The van der Waals surface area contributed by atoms with Gasteiger partial charge in [-0.3, -0.25) is 9.59 Å². The smallest absolute Gasteiger partial charge is 0.223 e. The highest BCUT2D eigenvalue weighted by Gasteiger charge is 2.28. The van der Waals surface area contributed by atoms with Gasteiger partial charge in [-0.15, -0.1) is 0 Å². The van der Waals surface area contributed by atoms with Gasteiger partial charge in [-0.05, 0) is 25.2 Å². The second kappa shape index (κ2) is 8.15. The zero-order valence-electron chi connectivity index (χ0n) is 12.2. The molecule has 3 N–H and O–H groups in total. The van der Waals surface area contributed by atoms with E-state index < -0.39 is 0 Å². The molecule has 0 spiro atoms. The summed E-state index contributed by atoms with van der Waals surface area (Å²) in [6, 6.07) is 0.148. The van der Waals surface area contributed by atoms with Crippen LogP contribution >= 0.6 is 0 Å². The van der Waals surface area contributed by atoms with Gasteiger partial charge < -0.3 is 16.0 Å². The fraction of sp³-hybridized carbons (Fsp3) is 0.857. The molecule has 19 heavy (non-hydrogen) atoms. The summed E-state index contributed by atoms with van der Waals surface area (Å²) >= 11 is 0. The van der Waals surface area contributed by atoms with E-state index in [0.717, 1.165) is 25.8 Å². The molecule has 0 aromatic carbocycles. The molecule has 1 fully saturated rings. The maximum absolute atomic E-state index is 12.1.